The molecule has 4 aromatic rings. The summed E-state index contributed by atoms with van der Waals surface area (Å²) in [6.07, 6.45) is 5.86. The van der Waals surface area contributed by atoms with Crippen LogP contribution in [0.3, 0.4) is 0 Å². The second-order valence-corrected chi connectivity index (χ2v) is 6.59. The van der Waals surface area contributed by atoms with Crippen LogP contribution in [-0.4, -0.2) is 42.7 Å². The molecule has 1 saturated carbocycles. The molecule has 3 heterocycles. The van der Waals surface area contributed by atoms with Gasteiger partial charge >= 0.3 is 0 Å². The Morgan fingerprint density at radius 3 is 2.81 bits per heavy atom. The molecule has 0 N–H and O–H groups in total. The minimum atomic E-state index is -0.114. The highest BCUT2D eigenvalue weighted by Crippen LogP contribution is 2.38. The van der Waals surface area contributed by atoms with E-state index in [1.165, 1.54) is 0 Å². The Hall–Kier alpha value is -3.00. The Balaban J connectivity index is 1.78. The number of para-hydroxylation sites is 2. The van der Waals surface area contributed by atoms with Gasteiger partial charge in [-0.05, 0) is 25.0 Å². The molecule has 1 aromatic carbocycles. The SMILES string of the molecule is COCCn1c(=O)c2c(-n3cc(C4CC4)nn3)ncn2c2ccccc21. The Morgan fingerprint density at radius 1 is 1.23 bits per heavy atom. The average Bonchev–Trinajstić information content (AvgIpc) is 3.23. The van der Waals surface area contributed by atoms with Crippen molar-refractivity contribution in [2.45, 2.75) is 25.3 Å². The van der Waals surface area contributed by atoms with Gasteiger partial charge in [0.25, 0.3) is 5.56 Å². The zero-order chi connectivity index (χ0) is 17.7. The van der Waals surface area contributed by atoms with Gasteiger partial charge in [0.1, 0.15) is 6.33 Å². The summed E-state index contributed by atoms with van der Waals surface area (Å²) >= 11 is 0. The molecule has 26 heavy (non-hydrogen) atoms. The third-order valence-electron chi connectivity index (χ3n) is 4.87. The van der Waals surface area contributed by atoms with E-state index in [-0.39, 0.29) is 5.56 Å². The van der Waals surface area contributed by atoms with E-state index in [1.807, 2.05) is 34.9 Å². The van der Waals surface area contributed by atoms with Gasteiger partial charge in [-0.3, -0.25) is 9.20 Å². The first-order chi connectivity index (χ1) is 12.8. The Bertz CT molecular complexity index is 1170. The number of fused-ring (bicyclic) bond motifs is 3. The first kappa shape index (κ1) is 15.3. The fourth-order valence-electron chi connectivity index (χ4n) is 3.37. The minimum absolute atomic E-state index is 0.114. The molecular formula is C18H18N6O2. The number of hydrogen-bond donors (Lipinski definition) is 0. The van der Waals surface area contributed by atoms with Crippen LogP contribution in [0.1, 0.15) is 24.5 Å². The normalized spacial score (nSPS) is 14.5. The molecule has 1 aliphatic carbocycles. The number of hydrogen-bond acceptors (Lipinski definition) is 5. The van der Waals surface area contributed by atoms with Gasteiger partial charge in [-0.2, -0.15) is 4.68 Å². The highest BCUT2D eigenvalue weighted by Gasteiger charge is 2.27. The maximum Gasteiger partial charge on any atom is 0.279 e. The molecule has 3 aromatic heterocycles. The van der Waals surface area contributed by atoms with Gasteiger partial charge < -0.3 is 9.30 Å². The Kier molecular flexibility index (Phi) is 3.39. The molecule has 0 atom stereocenters. The lowest BCUT2D eigenvalue weighted by Gasteiger charge is -2.12. The maximum atomic E-state index is 13.2. The van der Waals surface area contributed by atoms with Gasteiger partial charge in [-0.15, -0.1) is 5.10 Å². The second kappa shape index (κ2) is 5.77. The highest BCUT2D eigenvalue weighted by molar-refractivity contribution is 5.80. The molecule has 0 unspecified atom stereocenters. The van der Waals surface area contributed by atoms with E-state index in [0.29, 0.717) is 30.4 Å². The van der Waals surface area contributed by atoms with Gasteiger partial charge in [0, 0.05) is 19.6 Å². The molecule has 8 nitrogen and oxygen atoms in total. The van der Waals surface area contributed by atoms with E-state index in [9.17, 15) is 4.79 Å². The van der Waals surface area contributed by atoms with Crippen molar-refractivity contribution in [1.29, 1.82) is 0 Å². The van der Waals surface area contributed by atoms with E-state index in [0.717, 1.165) is 29.6 Å². The lowest BCUT2D eigenvalue weighted by atomic mass is 10.2. The summed E-state index contributed by atoms with van der Waals surface area (Å²) < 4.78 is 10.4. The Labute approximate surface area is 148 Å². The van der Waals surface area contributed by atoms with Crippen molar-refractivity contribution >= 4 is 16.6 Å². The molecule has 0 bridgehead atoms. The minimum Gasteiger partial charge on any atom is -0.383 e. The van der Waals surface area contributed by atoms with E-state index < -0.39 is 0 Å². The molecular weight excluding hydrogens is 332 g/mol. The molecule has 8 heteroatoms. The van der Waals surface area contributed by atoms with Crippen molar-refractivity contribution in [3.05, 3.63) is 52.8 Å². The summed E-state index contributed by atoms with van der Waals surface area (Å²) in [4.78, 5) is 17.7. The van der Waals surface area contributed by atoms with Crippen molar-refractivity contribution in [2.24, 2.45) is 0 Å². The molecule has 0 aliphatic heterocycles. The number of ether oxygens (including phenoxy) is 1. The van der Waals surface area contributed by atoms with Gasteiger partial charge in [0.2, 0.25) is 0 Å². The van der Waals surface area contributed by atoms with E-state index in [2.05, 4.69) is 15.3 Å². The fourth-order valence-corrected chi connectivity index (χ4v) is 3.37. The summed E-state index contributed by atoms with van der Waals surface area (Å²) in [5, 5.41) is 8.44. The topological polar surface area (TPSA) is 79.2 Å². The van der Waals surface area contributed by atoms with Gasteiger partial charge in [0.05, 0.1) is 29.5 Å². The van der Waals surface area contributed by atoms with Crippen LogP contribution in [0.4, 0.5) is 0 Å². The smallest absolute Gasteiger partial charge is 0.279 e. The molecule has 0 saturated heterocycles. The van der Waals surface area contributed by atoms with Gasteiger partial charge in [0.15, 0.2) is 11.3 Å². The summed E-state index contributed by atoms with van der Waals surface area (Å²) in [6.45, 7) is 0.931. The first-order valence-corrected chi connectivity index (χ1v) is 8.68. The van der Waals surface area contributed by atoms with Gasteiger partial charge in [-0.25, -0.2) is 4.98 Å². The zero-order valence-corrected chi connectivity index (χ0v) is 14.4. The van der Waals surface area contributed by atoms with Crippen molar-refractivity contribution in [3.8, 4) is 5.82 Å². The van der Waals surface area contributed by atoms with Crippen molar-refractivity contribution < 1.29 is 4.74 Å². The van der Waals surface area contributed by atoms with E-state index >= 15 is 0 Å². The molecule has 0 radical (unpaired) electrons. The van der Waals surface area contributed by atoms with Gasteiger partial charge in [-0.1, -0.05) is 17.3 Å². The molecule has 0 spiro atoms. The monoisotopic (exact) mass is 350 g/mol. The molecule has 1 aliphatic rings. The maximum absolute atomic E-state index is 13.2. The number of aromatic nitrogens is 6. The zero-order valence-electron chi connectivity index (χ0n) is 14.4. The van der Waals surface area contributed by atoms with Crippen molar-refractivity contribution in [1.82, 2.24) is 28.9 Å². The van der Waals surface area contributed by atoms with Crippen LogP contribution >= 0.6 is 0 Å². The van der Waals surface area contributed by atoms with Crippen LogP contribution < -0.4 is 5.56 Å². The summed E-state index contributed by atoms with van der Waals surface area (Å²) in [5.74, 6) is 1.00. The van der Waals surface area contributed by atoms with Crippen LogP contribution in [0.2, 0.25) is 0 Å². The van der Waals surface area contributed by atoms with Crippen LogP contribution in [0.5, 0.6) is 0 Å². The number of imidazole rings is 1. The second-order valence-electron chi connectivity index (χ2n) is 6.59. The van der Waals surface area contributed by atoms with E-state index in [1.54, 1.807) is 22.7 Å². The summed E-state index contributed by atoms with van der Waals surface area (Å²) in [7, 11) is 1.63. The standard InChI is InChI=1S/C18H18N6O2/c1-26-9-8-22-14-4-2-3-5-15(14)23-11-19-17(16(23)18(22)25)24-10-13(20-21-24)12-6-7-12/h2-5,10-12H,6-9H2,1H3. The number of benzene rings is 1. The number of methoxy groups -OCH3 is 1. The molecule has 5 rings (SSSR count). The van der Waals surface area contributed by atoms with Crippen molar-refractivity contribution in [3.63, 3.8) is 0 Å². The average molecular weight is 350 g/mol. The van der Waals surface area contributed by atoms with Crippen LogP contribution in [0.25, 0.3) is 22.4 Å². The predicted octanol–water partition coefficient (Wildman–Crippen LogP) is 1.75. The van der Waals surface area contributed by atoms with Crippen LogP contribution in [0.15, 0.2) is 41.6 Å². The van der Waals surface area contributed by atoms with Crippen LogP contribution in [-0.2, 0) is 11.3 Å². The summed E-state index contributed by atoms with van der Waals surface area (Å²) in [5.41, 5.74) is 3.11. The first-order valence-electron chi connectivity index (χ1n) is 8.68. The third-order valence-corrected chi connectivity index (χ3v) is 4.87. The fraction of sp³-hybridized carbons (Fsp3) is 0.333. The lowest BCUT2D eigenvalue weighted by Crippen LogP contribution is -2.25. The molecule has 0 amide bonds. The predicted molar refractivity (Wildman–Crippen MR) is 95.7 cm³/mol. The molecule has 1 fully saturated rings. The van der Waals surface area contributed by atoms with Crippen LogP contribution in [0, 0.1) is 0 Å². The van der Waals surface area contributed by atoms with E-state index in [4.69, 9.17) is 4.74 Å². The number of nitrogens with zero attached hydrogens (tertiary/aromatic N) is 6. The third kappa shape index (κ3) is 2.26. The number of rotatable bonds is 5. The highest BCUT2D eigenvalue weighted by atomic mass is 16.5. The largest absolute Gasteiger partial charge is 0.383 e. The summed E-state index contributed by atoms with van der Waals surface area (Å²) in [6, 6.07) is 7.79. The Morgan fingerprint density at radius 2 is 2.04 bits per heavy atom. The molecule has 132 valence electrons. The lowest BCUT2D eigenvalue weighted by molar-refractivity contribution is 0.187. The van der Waals surface area contributed by atoms with Crippen molar-refractivity contribution in [2.75, 3.05) is 13.7 Å². The quantitative estimate of drug-likeness (QED) is 0.548.